The van der Waals surface area contributed by atoms with Gasteiger partial charge in [-0.1, -0.05) is 84.9 Å². The van der Waals surface area contributed by atoms with Crippen molar-refractivity contribution >= 4 is 57.6 Å². The third-order valence-electron chi connectivity index (χ3n) is 6.29. The van der Waals surface area contributed by atoms with Crippen molar-refractivity contribution in [1.82, 2.24) is 5.32 Å². The summed E-state index contributed by atoms with van der Waals surface area (Å²) in [4.78, 5) is 31.0. The lowest BCUT2D eigenvalue weighted by molar-refractivity contribution is -0.139. The smallest absolute Gasteiger partial charge is 0.328 e. The van der Waals surface area contributed by atoms with Crippen LogP contribution in [0.25, 0.3) is 10.8 Å². The summed E-state index contributed by atoms with van der Waals surface area (Å²) >= 11 is 12.1. The predicted octanol–water partition coefficient (Wildman–Crippen LogP) is 5.88. The Morgan fingerprint density at radius 3 is 2.05 bits per heavy atom. The lowest BCUT2D eigenvalue weighted by Gasteiger charge is -2.16. The molecule has 0 amide bonds. The molecule has 41 heavy (non-hydrogen) atoms. The Labute approximate surface area is 248 Å². The van der Waals surface area contributed by atoms with Crippen molar-refractivity contribution in [3.63, 3.8) is 0 Å². The number of anilines is 1. The van der Waals surface area contributed by atoms with Crippen LogP contribution in [0.4, 0.5) is 5.69 Å². The monoisotopic (exact) mass is 604 g/mol. The average Bonchev–Trinajstić information content (AvgIpc) is 2.93. The van der Waals surface area contributed by atoms with E-state index in [1.807, 2.05) is 42.5 Å². The van der Waals surface area contributed by atoms with Crippen molar-refractivity contribution in [2.24, 2.45) is 0 Å². The number of hydrogen-bond donors (Lipinski definition) is 6. The quantitative estimate of drug-likeness (QED) is 0.0746. The van der Waals surface area contributed by atoms with Crippen molar-refractivity contribution < 1.29 is 34.8 Å². The number of nitrogens with two attached hydrogens (primary N) is 1. The SMILES string of the molecule is Nc1c(Cl)cc(C(O)CNCCCCCCC(C(=O)O)c2cccc3ccccc23)cc1Cl.O=C(O)/C=C\C(=O)O. The Balaban J connectivity index is 0.000000642. The van der Waals surface area contributed by atoms with Crippen molar-refractivity contribution in [3.8, 4) is 0 Å². The lowest BCUT2D eigenvalue weighted by atomic mass is 9.89. The summed E-state index contributed by atoms with van der Waals surface area (Å²) < 4.78 is 0. The zero-order valence-corrected chi connectivity index (χ0v) is 23.8. The number of rotatable bonds is 14. The molecule has 0 spiro atoms. The van der Waals surface area contributed by atoms with Gasteiger partial charge in [-0.05, 0) is 53.4 Å². The van der Waals surface area contributed by atoms with Crippen LogP contribution in [0, 0.1) is 0 Å². The molecule has 220 valence electrons. The van der Waals surface area contributed by atoms with E-state index in [0.717, 1.165) is 48.6 Å². The summed E-state index contributed by atoms with van der Waals surface area (Å²) in [6.07, 6.45) is 4.76. The van der Waals surface area contributed by atoms with Gasteiger partial charge in [0.15, 0.2) is 0 Å². The lowest BCUT2D eigenvalue weighted by Crippen LogP contribution is -2.22. The zero-order valence-electron chi connectivity index (χ0n) is 22.3. The normalized spacial score (nSPS) is 12.5. The molecule has 2 unspecified atom stereocenters. The first kappa shape index (κ1) is 33.6. The molecule has 0 fully saturated rings. The number of carboxylic acids is 3. The molecule has 7 N–H and O–H groups in total. The highest BCUT2D eigenvalue weighted by atomic mass is 35.5. The second-order valence-electron chi connectivity index (χ2n) is 9.29. The van der Waals surface area contributed by atoms with Crippen LogP contribution in [0.1, 0.15) is 55.3 Å². The summed E-state index contributed by atoms with van der Waals surface area (Å²) in [6.45, 7) is 1.15. The second-order valence-corrected chi connectivity index (χ2v) is 10.1. The summed E-state index contributed by atoms with van der Waals surface area (Å²) in [7, 11) is 0. The van der Waals surface area contributed by atoms with Crippen LogP contribution in [-0.4, -0.2) is 51.4 Å². The summed E-state index contributed by atoms with van der Waals surface area (Å²) in [6, 6.07) is 17.1. The van der Waals surface area contributed by atoms with Crippen LogP contribution in [0.2, 0.25) is 10.0 Å². The standard InChI is InChI=1S/C26H30Cl2N2O3.C4H4O4/c27-22-14-18(15-23(28)25(22)29)24(31)16-30-13-6-2-1-3-11-21(26(32)33)20-12-7-9-17-8-4-5-10-19(17)20;5-3(6)1-2-4(7)8/h4-5,7-10,12,14-15,21,24,30-31H,1-3,6,11,13,16,29H2,(H,32,33);1-2H,(H,5,6)(H,7,8)/b;2-1-. The van der Waals surface area contributed by atoms with E-state index in [1.54, 1.807) is 12.1 Å². The van der Waals surface area contributed by atoms with Crippen LogP contribution in [-0.2, 0) is 14.4 Å². The van der Waals surface area contributed by atoms with E-state index in [2.05, 4.69) is 5.32 Å². The van der Waals surface area contributed by atoms with Gasteiger partial charge in [-0.25, -0.2) is 9.59 Å². The molecule has 0 aromatic heterocycles. The van der Waals surface area contributed by atoms with Gasteiger partial charge in [0, 0.05) is 18.7 Å². The van der Waals surface area contributed by atoms with E-state index in [9.17, 15) is 24.6 Å². The largest absolute Gasteiger partial charge is 0.481 e. The van der Waals surface area contributed by atoms with E-state index in [4.69, 9.17) is 39.1 Å². The van der Waals surface area contributed by atoms with E-state index in [0.29, 0.717) is 46.4 Å². The van der Waals surface area contributed by atoms with Crippen molar-refractivity contribution in [2.75, 3.05) is 18.8 Å². The number of benzene rings is 3. The molecule has 11 heteroatoms. The van der Waals surface area contributed by atoms with E-state index in [-0.39, 0.29) is 0 Å². The first-order valence-electron chi connectivity index (χ1n) is 13.0. The number of carboxylic acid groups (broad SMARTS) is 3. The number of carbonyl (C=O) groups is 3. The molecule has 0 saturated heterocycles. The van der Waals surface area contributed by atoms with Gasteiger partial charge in [-0.2, -0.15) is 0 Å². The van der Waals surface area contributed by atoms with Crippen LogP contribution in [0.15, 0.2) is 66.7 Å². The van der Waals surface area contributed by atoms with Crippen LogP contribution >= 0.6 is 23.2 Å². The molecule has 9 nitrogen and oxygen atoms in total. The third-order valence-corrected chi connectivity index (χ3v) is 6.91. The van der Waals surface area contributed by atoms with Gasteiger partial charge in [0.05, 0.1) is 27.8 Å². The van der Waals surface area contributed by atoms with Gasteiger partial charge in [0.25, 0.3) is 0 Å². The highest BCUT2D eigenvalue weighted by Crippen LogP contribution is 2.31. The highest BCUT2D eigenvalue weighted by Gasteiger charge is 2.21. The molecule has 0 aliphatic rings. The number of nitrogen functional groups attached to an aromatic ring is 1. The molecule has 0 heterocycles. The number of aliphatic hydroxyl groups is 1. The van der Waals surface area contributed by atoms with E-state index in [1.165, 1.54) is 0 Å². The van der Waals surface area contributed by atoms with Gasteiger partial charge in [0.1, 0.15) is 0 Å². The molecule has 0 bridgehead atoms. The second kappa shape index (κ2) is 17.2. The Hall–Kier alpha value is -3.63. The average molecular weight is 606 g/mol. The molecular formula is C30H34Cl2N2O7. The van der Waals surface area contributed by atoms with Crippen LogP contribution in [0.3, 0.4) is 0 Å². The van der Waals surface area contributed by atoms with Crippen molar-refractivity contribution in [3.05, 3.63) is 87.9 Å². The summed E-state index contributed by atoms with van der Waals surface area (Å²) in [5, 5.41) is 41.7. The third kappa shape index (κ3) is 11.4. The van der Waals surface area contributed by atoms with Gasteiger partial charge in [-0.15, -0.1) is 0 Å². The highest BCUT2D eigenvalue weighted by molar-refractivity contribution is 6.38. The van der Waals surface area contributed by atoms with Gasteiger partial charge in [0.2, 0.25) is 0 Å². The number of fused-ring (bicyclic) bond motifs is 1. The van der Waals surface area contributed by atoms with Crippen molar-refractivity contribution in [1.29, 1.82) is 0 Å². The fraction of sp³-hybridized carbons (Fsp3) is 0.300. The maximum absolute atomic E-state index is 11.9. The van der Waals surface area contributed by atoms with Crippen molar-refractivity contribution in [2.45, 2.75) is 44.1 Å². The van der Waals surface area contributed by atoms with E-state index < -0.39 is 29.9 Å². The number of aliphatic hydroxyl groups excluding tert-OH is 1. The molecule has 0 aliphatic heterocycles. The Morgan fingerprint density at radius 1 is 0.854 bits per heavy atom. The fourth-order valence-corrected chi connectivity index (χ4v) is 4.72. The predicted molar refractivity (Wildman–Crippen MR) is 161 cm³/mol. The van der Waals surface area contributed by atoms with Gasteiger partial charge >= 0.3 is 17.9 Å². The summed E-state index contributed by atoms with van der Waals surface area (Å²) in [5.74, 6) is -3.78. The Kier molecular flexibility index (Phi) is 14.1. The number of nitrogens with one attached hydrogen (secondary N) is 1. The minimum Gasteiger partial charge on any atom is -0.481 e. The minimum absolute atomic E-state index is 0.313. The number of hydrogen-bond acceptors (Lipinski definition) is 6. The maximum atomic E-state index is 11.9. The number of halogens is 2. The minimum atomic E-state index is -1.26. The fourth-order valence-electron chi connectivity index (χ4n) is 4.21. The number of aliphatic carboxylic acids is 3. The van der Waals surface area contributed by atoms with E-state index >= 15 is 0 Å². The molecule has 3 aromatic carbocycles. The molecule has 3 aromatic rings. The summed E-state index contributed by atoms with van der Waals surface area (Å²) in [5.41, 5.74) is 7.56. The topological polar surface area (TPSA) is 170 Å². The Bertz CT molecular complexity index is 1320. The molecule has 2 atom stereocenters. The van der Waals surface area contributed by atoms with Crippen LogP contribution < -0.4 is 11.1 Å². The molecular weight excluding hydrogens is 571 g/mol. The maximum Gasteiger partial charge on any atom is 0.328 e. The number of unbranched alkanes of at least 4 members (excludes halogenated alkanes) is 3. The zero-order chi connectivity index (χ0) is 30.4. The Morgan fingerprint density at radius 2 is 1.44 bits per heavy atom. The first-order valence-corrected chi connectivity index (χ1v) is 13.7. The molecule has 0 radical (unpaired) electrons. The van der Waals surface area contributed by atoms with Crippen LogP contribution in [0.5, 0.6) is 0 Å². The first-order chi connectivity index (χ1) is 19.5. The molecule has 3 rings (SSSR count). The molecule has 0 aliphatic carbocycles. The molecule has 0 saturated carbocycles. The van der Waals surface area contributed by atoms with Gasteiger partial charge in [-0.3, -0.25) is 4.79 Å². The van der Waals surface area contributed by atoms with Gasteiger partial charge < -0.3 is 31.5 Å².